The Morgan fingerprint density at radius 3 is 2.89 bits per heavy atom. The van der Waals surface area contributed by atoms with Crippen molar-refractivity contribution in [2.24, 2.45) is 0 Å². The van der Waals surface area contributed by atoms with E-state index in [2.05, 4.69) is 11.9 Å². The van der Waals surface area contributed by atoms with Crippen LogP contribution in [0, 0.1) is 0 Å². The number of furan rings is 1. The van der Waals surface area contributed by atoms with E-state index in [4.69, 9.17) is 14.3 Å². The standard InChI is InChI=1S/C13H19NO4/c1-9(2)8-17-7-6-14-10(3)11-4-5-12(18-11)13(15)16/h4-5,10,14H,1,6-8H2,2-3H3,(H,15,16). The fraction of sp³-hybridized carbons (Fsp3) is 0.462. The molecule has 5 nitrogen and oxygen atoms in total. The number of rotatable bonds is 8. The van der Waals surface area contributed by atoms with Crippen LogP contribution in [0.15, 0.2) is 28.7 Å². The summed E-state index contributed by atoms with van der Waals surface area (Å²) in [5, 5.41) is 11.9. The minimum absolute atomic E-state index is 0.0443. The van der Waals surface area contributed by atoms with E-state index < -0.39 is 5.97 Å². The molecular weight excluding hydrogens is 234 g/mol. The van der Waals surface area contributed by atoms with Crippen molar-refractivity contribution in [1.82, 2.24) is 5.32 Å². The number of carboxylic acid groups (broad SMARTS) is 1. The summed E-state index contributed by atoms with van der Waals surface area (Å²) in [7, 11) is 0. The lowest BCUT2D eigenvalue weighted by Crippen LogP contribution is -2.23. The van der Waals surface area contributed by atoms with E-state index in [1.165, 1.54) is 6.07 Å². The van der Waals surface area contributed by atoms with Gasteiger partial charge in [0.15, 0.2) is 0 Å². The van der Waals surface area contributed by atoms with Crippen LogP contribution in [0.5, 0.6) is 0 Å². The first kappa shape index (κ1) is 14.5. The number of carbonyl (C=O) groups is 1. The van der Waals surface area contributed by atoms with Crippen molar-refractivity contribution >= 4 is 5.97 Å². The van der Waals surface area contributed by atoms with E-state index in [1.54, 1.807) is 6.07 Å². The van der Waals surface area contributed by atoms with Crippen LogP contribution in [-0.4, -0.2) is 30.8 Å². The van der Waals surface area contributed by atoms with Crippen LogP contribution in [-0.2, 0) is 4.74 Å². The number of nitrogens with one attached hydrogen (secondary N) is 1. The van der Waals surface area contributed by atoms with Crippen molar-refractivity contribution in [3.05, 3.63) is 35.8 Å². The van der Waals surface area contributed by atoms with Gasteiger partial charge in [-0.15, -0.1) is 0 Å². The molecule has 1 aromatic rings. The highest BCUT2D eigenvalue weighted by atomic mass is 16.5. The highest BCUT2D eigenvalue weighted by Crippen LogP contribution is 2.15. The molecule has 1 aromatic heterocycles. The Hall–Kier alpha value is -1.59. The van der Waals surface area contributed by atoms with Crippen molar-refractivity contribution in [2.75, 3.05) is 19.8 Å². The van der Waals surface area contributed by atoms with Gasteiger partial charge < -0.3 is 19.6 Å². The lowest BCUT2D eigenvalue weighted by molar-refractivity contribution is 0.0659. The fourth-order valence-corrected chi connectivity index (χ4v) is 1.40. The second-order valence-electron chi connectivity index (χ2n) is 4.19. The van der Waals surface area contributed by atoms with Crippen LogP contribution in [0.4, 0.5) is 0 Å². The summed E-state index contributed by atoms with van der Waals surface area (Å²) in [5.41, 5.74) is 0.986. The van der Waals surface area contributed by atoms with E-state index in [0.29, 0.717) is 25.5 Å². The van der Waals surface area contributed by atoms with Gasteiger partial charge in [0.05, 0.1) is 19.3 Å². The Labute approximate surface area is 106 Å². The monoisotopic (exact) mass is 253 g/mol. The molecule has 0 spiro atoms. The Morgan fingerprint density at radius 1 is 1.61 bits per heavy atom. The molecule has 0 aromatic carbocycles. The summed E-state index contributed by atoms with van der Waals surface area (Å²) in [6.07, 6.45) is 0. The van der Waals surface area contributed by atoms with Crippen molar-refractivity contribution in [1.29, 1.82) is 0 Å². The molecule has 0 saturated carbocycles. The van der Waals surface area contributed by atoms with E-state index in [9.17, 15) is 4.79 Å². The number of hydrogen-bond acceptors (Lipinski definition) is 4. The number of hydrogen-bond donors (Lipinski definition) is 2. The van der Waals surface area contributed by atoms with Crippen molar-refractivity contribution in [3.8, 4) is 0 Å². The maximum absolute atomic E-state index is 10.7. The van der Waals surface area contributed by atoms with Gasteiger partial charge in [-0.25, -0.2) is 4.79 Å². The zero-order valence-electron chi connectivity index (χ0n) is 10.7. The number of aromatic carboxylic acids is 1. The third kappa shape index (κ3) is 4.73. The molecule has 0 aliphatic rings. The SMILES string of the molecule is C=C(C)COCCNC(C)c1ccc(C(=O)O)o1. The summed E-state index contributed by atoms with van der Waals surface area (Å²) in [4.78, 5) is 10.7. The van der Waals surface area contributed by atoms with Crippen LogP contribution >= 0.6 is 0 Å². The summed E-state index contributed by atoms with van der Waals surface area (Å²) in [6, 6.07) is 3.06. The Balaban J connectivity index is 2.29. The summed E-state index contributed by atoms with van der Waals surface area (Å²) < 4.78 is 10.5. The predicted molar refractivity (Wildman–Crippen MR) is 67.7 cm³/mol. The Morgan fingerprint density at radius 2 is 2.33 bits per heavy atom. The Bertz CT molecular complexity index is 411. The van der Waals surface area contributed by atoms with Gasteiger partial charge >= 0.3 is 5.97 Å². The minimum Gasteiger partial charge on any atom is -0.475 e. The van der Waals surface area contributed by atoms with E-state index in [1.807, 2.05) is 13.8 Å². The molecule has 100 valence electrons. The van der Waals surface area contributed by atoms with Gasteiger partial charge in [-0.1, -0.05) is 12.2 Å². The predicted octanol–water partition coefficient (Wildman–Crippen LogP) is 2.22. The van der Waals surface area contributed by atoms with Gasteiger partial charge in [-0.05, 0) is 26.0 Å². The van der Waals surface area contributed by atoms with Crippen LogP contribution in [0.2, 0.25) is 0 Å². The zero-order chi connectivity index (χ0) is 13.5. The second kappa shape index (κ2) is 6.98. The van der Waals surface area contributed by atoms with Gasteiger partial charge in [0.1, 0.15) is 5.76 Å². The highest BCUT2D eigenvalue weighted by molar-refractivity contribution is 5.84. The minimum atomic E-state index is -1.06. The maximum atomic E-state index is 10.7. The fourth-order valence-electron chi connectivity index (χ4n) is 1.40. The molecular formula is C13H19NO4. The first-order chi connectivity index (χ1) is 8.50. The van der Waals surface area contributed by atoms with E-state index >= 15 is 0 Å². The molecule has 1 atom stereocenters. The lowest BCUT2D eigenvalue weighted by Gasteiger charge is -2.11. The molecule has 2 N–H and O–H groups in total. The first-order valence-electron chi connectivity index (χ1n) is 5.79. The molecule has 0 amide bonds. The molecule has 1 rings (SSSR count). The zero-order valence-corrected chi connectivity index (χ0v) is 10.7. The van der Waals surface area contributed by atoms with Crippen molar-refractivity contribution < 1.29 is 19.1 Å². The van der Waals surface area contributed by atoms with Gasteiger partial charge in [0, 0.05) is 6.54 Å². The molecule has 0 aliphatic carbocycles. The second-order valence-corrected chi connectivity index (χ2v) is 4.19. The van der Waals surface area contributed by atoms with Gasteiger partial charge in [-0.2, -0.15) is 0 Å². The van der Waals surface area contributed by atoms with Crippen LogP contribution < -0.4 is 5.32 Å². The quantitative estimate of drug-likeness (QED) is 0.549. The summed E-state index contributed by atoms with van der Waals surface area (Å²) in [5.74, 6) is -0.497. The molecule has 18 heavy (non-hydrogen) atoms. The molecule has 1 heterocycles. The first-order valence-corrected chi connectivity index (χ1v) is 5.79. The third-order valence-electron chi connectivity index (χ3n) is 2.31. The lowest BCUT2D eigenvalue weighted by atomic mass is 10.2. The smallest absolute Gasteiger partial charge is 0.371 e. The normalized spacial score (nSPS) is 12.3. The number of ether oxygens (including phenoxy) is 1. The van der Waals surface area contributed by atoms with Crippen molar-refractivity contribution in [3.63, 3.8) is 0 Å². The van der Waals surface area contributed by atoms with E-state index in [0.717, 1.165) is 5.57 Å². The summed E-state index contributed by atoms with van der Waals surface area (Å²) in [6.45, 7) is 9.35. The molecule has 0 fully saturated rings. The molecule has 5 heteroatoms. The summed E-state index contributed by atoms with van der Waals surface area (Å²) >= 11 is 0. The molecule has 0 radical (unpaired) electrons. The van der Waals surface area contributed by atoms with Crippen LogP contribution in [0.3, 0.4) is 0 Å². The molecule has 0 saturated heterocycles. The van der Waals surface area contributed by atoms with E-state index in [-0.39, 0.29) is 11.8 Å². The Kier molecular flexibility index (Phi) is 5.61. The average molecular weight is 253 g/mol. The topological polar surface area (TPSA) is 71.7 Å². The average Bonchev–Trinajstić information content (AvgIpc) is 2.77. The molecule has 0 bridgehead atoms. The van der Waals surface area contributed by atoms with Gasteiger partial charge in [-0.3, -0.25) is 0 Å². The van der Waals surface area contributed by atoms with Gasteiger partial charge in [0.25, 0.3) is 0 Å². The van der Waals surface area contributed by atoms with Crippen molar-refractivity contribution in [2.45, 2.75) is 19.9 Å². The maximum Gasteiger partial charge on any atom is 0.371 e. The van der Waals surface area contributed by atoms with Gasteiger partial charge in [0.2, 0.25) is 5.76 Å². The molecule has 1 unspecified atom stereocenters. The number of carboxylic acids is 1. The third-order valence-corrected chi connectivity index (χ3v) is 2.31. The van der Waals surface area contributed by atoms with Crippen LogP contribution in [0.25, 0.3) is 0 Å². The largest absolute Gasteiger partial charge is 0.475 e. The highest BCUT2D eigenvalue weighted by Gasteiger charge is 2.13. The van der Waals surface area contributed by atoms with Crippen LogP contribution in [0.1, 0.15) is 36.2 Å². The molecule has 0 aliphatic heterocycles.